The summed E-state index contributed by atoms with van der Waals surface area (Å²) in [5.74, 6) is 0.361. The van der Waals surface area contributed by atoms with Gasteiger partial charge in [0.15, 0.2) is 0 Å². The zero-order valence-corrected chi connectivity index (χ0v) is 21.0. The number of benzene rings is 2. The summed E-state index contributed by atoms with van der Waals surface area (Å²) in [6.45, 7) is 10.8. The first kappa shape index (κ1) is 23.1. The van der Waals surface area contributed by atoms with Crippen LogP contribution in [0, 0.1) is 18.7 Å². The number of hydrogen-bond acceptors (Lipinski definition) is 5. The van der Waals surface area contributed by atoms with Gasteiger partial charge in [0.1, 0.15) is 5.82 Å². The van der Waals surface area contributed by atoms with Crippen molar-refractivity contribution in [2.24, 2.45) is 13.0 Å². The topological polar surface area (TPSA) is 42.1 Å². The van der Waals surface area contributed by atoms with Crippen molar-refractivity contribution in [3.63, 3.8) is 0 Å². The van der Waals surface area contributed by atoms with E-state index < -0.39 is 0 Å². The second-order valence-corrected chi connectivity index (χ2v) is 10.7. The van der Waals surface area contributed by atoms with Crippen molar-refractivity contribution in [3.8, 4) is 5.69 Å². The fourth-order valence-electron chi connectivity index (χ4n) is 4.80. The lowest BCUT2D eigenvalue weighted by Crippen LogP contribution is -2.47. The van der Waals surface area contributed by atoms with E-state index in [4.69, 9.17) is 0 Å². The highest BCUT2D eigenvalue weighted by Crippen LogP contribution is 2.35. The molecule has 0 spiro atoms. The number of rotatable bonds is 6. The number of halogens is 1. The molecule has 0 radical (unpaired) electrons. The van der Waals surface area contributed by atoms with Crippen LogP contribution in [0.1, 0.15) is 31.0 Å². The smallest absolute Gasteiger partial charge is 0.123 e. The number of aromatic nitrogens is 4. The first-order valence-corrected chi connectivity index (χ1v) is 12.5. The van der Waals surface area contributed by atoms with Crippen LogP contribution >= 0.6 is 11.9 Å². The summed E-state index contributed by atoms with van der Waals surface area (Å²) in [6, 6.07) is 11.3. The van der Waals surface area contributed by atoms with Gasteiger partial charge in [0.05, 0.1) is 28.5 Å². The van der Waals surface area contributed by atoms with E-state index in [1.165, 1.54) is 28.2 Å². The monoisotopic (exact) mass is 478 g/mol. The van der Waals surface area contributed by atoms with Gasteiger partial charge in [0.25, 0.3) is 0 Å². The molecule has 0 aliphatic carbocycles. The Labute approximate surface area is 204 Å². The van der Waals surface area contributed by atoms with Crippen LogP contribution < -0.4 is 0 Å². The Morgan fingerprint density at radius 3 is 2.59 bits per heavy atom. The van der Waals surface area contributed by atoms with E-state index in [0.717, 1.165) is 42.8 Å². The summed E-state index contributed by atoms with van der Waals surface area (Å²) in [7, 11) is 1.96. The van der Waals surface area contributed by atoms with E-state index in [9.17, 15) is 4.39 Å². The normalized spacial score (nSPS) is 17.8. The number of hydrogen-bond donors (Lipinski definition) is 0. The molecule has 0 saturated carbocycles. The molecule has 1 atom stereocenters. The summed E-state index contributed by atoms with van der Waals surface area (Å²) in [5, 5.41) is 10.0. The third-order valence-electron chi connectivity index (χ3n) is 6.36. The molecule has 1 unspecified atom stereocenters. The van der Waals surface area contributed by atoms with Crippen LogP contribution in [0.4, 0.5) is 4.39 Å². The predicted octanol–water partition coefficient (Wildman–Crippen LogP) is 5.23. The third kappa shape index (κ3) is 4.76. The standard InChI is InChI=1S/C26H31FN6S/c1-18(2)15-31-9-10-32(34-23-14-28-30(4)16-23)17-26(31)24-12-20-13-29-33(25(20)11-19(24)3)22-7-5-21(27)6-8-22/h5-8,11-14,16,18,26H,9-10,15,17H2,1-4H3. The van der Waals surface area contributed by atoms with Gasteiger partial charge in [-0.25, -0.2) is 13.4 Å². The molecule has 1 aliphatic rings. The average Bonchev–Trinajstić information content (AvgIpc) is 3.40. The molecule has 34 heavy (non-hydrogen) atoms. The second kappa shape index (κ2) is 9.52. The molecule has 4 aromatic rings. The first-order valence-electron chi connectivity index (χ1n) is 11.8. The van der Waals surface area contributed by atoms with Crippen molar-refractivity contribution in [1.82, 2.24) is 28.8 Å². The molecule has 6 nitrogen and oxygen atoms in total. The highest BCUT2D eigenvalue weighted by Gasteiger charge is 2.30. The summed E-state index contributed by atoms with van der Waals surface area (Å²) in [5.41, 5.74) is 4.51. The predicted molar refractivity (Wildman–Crippen MR) is 136 cm³/mol. The Bertz CT molecular complexity index is 1280. The lowest BCUT2D eigenvalue weighted by atomic mass is 9.96. The summed E-state index contributed by atoms with van der Waals surface area (Å²) >= 11 is 1.79. The molecular weight excluding hydrogens is 447 g/mol. The van der Waals surface area contributed by atoms with Gasteiger partial charge in [0.2, 0.25) is 0 Å². The maximum absolute atomic E-state index is 13.4. The molecule has 0 bridgehead atoms. The third-order valence-corrected chi connectivity index (χ3v) is 7.37. The molecular formula is C26H31FN6S. The molecule has 3 heterocycles. The van der Waals surface area contributed by atoms with Gasteiger partial charge in [0, 0.05) is 50.9 Å². The Morgan fingerprint density at radius 2 is 1.88 bits per heavy atom. The summed E-state index contributed by atoms with van der Waals surface area (Å²) in [6.07, 6.45) is 5.92. The number of piperazine rings is 1. The van der Waals surface area contributed by atoms with E-state index >= 15 is 0 Å². The van der Waals surface area contributed by atoms with Crippen molar-refractivity contribution >= 4 is 22.9 Å². The average molecular weight is 479 g/mol. The van der Waals surface area contributed by atoms with Crippen molar-refractivity contribution in [2.75, 3.05) is 26.2 Å². The van der Waals surface area contributed by atoms with Crippen LogP contribution in [-0.2, 0) is 7.05 Å². The molecule has 2 aromatic carbocycles. The van der Waals surface area contributed by atoms with E-state index in [1.807, 2.05) is 28.8 Å². The Balaban J connectivity index is 1.47. The van der Waals surface area contributed by atoms with Crippen LogP contribution in [0.25, 0.3) is 16.6 Å². The zero-order chi connectivity index (χ0) is 23.8. The molecule has 1 saturated heterocycles. The van der Waals surface area contributed by atoms with Crippen LogP contribution in [0.2, 0.25) is 0 Å². The number of nitrogens with zero attached hydrogens (tertiary/aromatic N) is 6. The Morgan fingerprint density at radius 1 is 1.09 bits per heavy atom. The fraction of sp³-hybridized carbons (Fsp3) is 0.385. The van der Waals surface area contributed by atoms with Crippen molar-refractivity contribution < 1.29 is 4.39 Å². The first-order chi connectivity index (χ1) is 16.4. The maximum atomic E-state index is 13.4. The SMILES string of the molecule is Cc1cc2c(cnn2-c2ccc(F)cc2)cc1C1CN(Sc2cnn(C)c2)CCN1CC(C)C. The molecule has 1 aliphatic heterocycles. The van der Waals surface area contributed by atoms with Crippen LogP contribution in [0.5, 0.6) is 0 Å². The molecule has 1 fully saturated rings. The fourth-order valence-corrected chi connectivity index (χ4v) is 5.78. The second-order valence-electron chi connectivity index (χ2n) is 9.53. The molecule has 0 N–H and O–H groups in total. The largest absolute Gasteiger partial charge is 0.293 e. The quantitative estimate of drug-likeness (QED) is 0.355. The van der Waals surface area contributed by atoms with Crippen LogP contribution in [0.3, 0.4) is 0 Å². The summed E-state index contributed by atoms with van der Waals surface area (Å²) in [4.78, 5) is 3.80. The van der Waals surface area contributed by atoms with Crippen LogP contribution in [-0.4, -0.2) is 54.9 Å². The van der Waals surface area contributed by atoms with Gasteiger partial charge < -0.3 is 0 Å². The highest BCUT2D eigenvalue weighted by atomic mass is 32.2. The minimum Gasteiger partial charge on any atom is -0.293 e. The van der Waals surface area contributed by atoms with Crippen molar-refractivity contribution in [2.45, 2.75) is 31.7 Å². The van der Waals surface area contributed by atoms with Gasteiger partial charge in [-0.1, -0.05) is 13.8 Å². The summed E-state index contributed by atoms with van der Waals surface area (Å²) < 4.78 is 19.6. The molecule has 2 aromatic heterocycles. The van der Waals surface area contributed by atoms with E-state index in [-0.39, 0.29) is 5.82 Å². The van der Waals surface area contributed by atoms with Crippen molar-refractivity contribution in [1.29, 1.82) is 0 Å². The molecule has 0 amide bonds. The van der Waals surface area contributed by atoms with Gasteiger partial charge >= 0.3 is 0 Å². The molecule has 178 valence electrons. The lowest BCUT2D eigenvalue weighted by Gasteiger charge is -2.42. The van der Waals surface area contributed by atoms with Gasteiger partial charge in [-0.2, -0.15) is 10.2 Å². The molecule has 8 heteroatoms. The maximum Gasteiger partial charge on any atom is 0.123 e. The highest BCUT2D eigenvalue weighted by molar-refractivity contribution is 7.97. The van der Waals surface area contributed by atoms with Crippen molar-refractivity contribution in [3.05, 3.63) is 71.9 Å². The zero-order valence-electron chi connectivity index (χ0n) is 20.1. The number of aryl methyl sites for hydroxylation is 2. The number of fused-ring (bicyclic) bond motifs is 1. The van der Waals surface area contributed by atoms with E-state index in [0.29, 0.717) is 12.0 Å². The minimum atomic E-state index is -0.241. The van der Waals surface area contributed by atoms with Gasteiger partial charge in [-0.05, 0) is 72.3 Å². The Kier molecular flexibility index (Phi) is 6.46. The minimum absolute atomic E-state index is 0.241. The van der Waals surface area contributed by atoms with Gasteiger partial charge in [-0.15, -0.1) is 0 Å². The molecule has 5 rings (SSSR count). The van der Waals surface area contributed by atoms with E-state index in [2.05, 4.69) is 58.5 Å². The lowest BCUT2D eigenvalue weighted by molar-refractivity contribution is 0.110. The Hall–Kier alpha value is -2.68. The van der Waals surface area contributed by atoms with E-state index in [1.54, 1.807) is 24.1 Å². The van der Waals surface area contributed by atoms with Gasteiger partial charge in [-0.3, -0.25) is 9.58 Å². The van der Waals surface area contributed by atoms with Crippen LogP contribution in [0.15, 0.2) is 59.9 Å².